The Labute approximate surface area is 209 Å². The molecule has 0 aliphatic carbocycles. The van der Waals surface area contributed by atoms with Crippen LogP contribution in [0.5, 0.6) is 28.7 Å². The summed E-state index contributed by atoms with van der Waals surface area (Å²) in [5, 5.41) is 0. The number of hydrogen-bond donors (Lipinski definition) is 0. The number of carbonyl (C=O) groups excluding carboxylic acids is 1. The lowest BCUT2D eigenvalue weighted by Gasteiger charge is -2.42. The van der Waals surface area contributed by atoms with E-state index in [0.29, 0.717) is 34.1 Å². The molecule has 2 aromatic carbocycles. The van der Waals surface area contributed by atoms with Crippen LogP contribution in [0.4, 0.5) is 5.69 Å². The lowest BCUT2D eigenvalue weighted by Crippen LogP contribution is -2.48. The van der Waals surface area contributed by atoms with Crippen LogP contribution in [-0.4, -0.2) is 73.4 Å². The molecule has 0 aromatic heterocycles. The summed E-state index contributed by atoms with van der Waals surface area (Å²) in [6.45, 7) is 4.87. The van der Waals surface area contributed by atoms with Crippen molar-refractivity contribution in [2.45, 2.75) is 6.04 Å². The summed E-state index contributed by atoms with van der Waals surface area (Å²) in [5.41, 5.74) is 1.41. The Kier molecular flexibility index (Phi) is 7.29. The van der Waals surface area contributed by atoms with Gasteiger partial charge in [-0.15, -0.1) is 0 Å². The van der Waals surface area contributed by atoms with Crippen molar-refractivity contribution in [2.24, 2.45) is 0 Å². The fraction of sp³-hybridized carbons (Fsp3) is 0.375. The van der Waals surface area contributed by atoms with Crippen LogP contribution in [0.15, 0.2) is 42.5 Å². The summed E-state index contributed by atoms with van der Waals surface area (Å²) in [4.78, 5) is 14.4. The minimum Gasteiger partial charge on any atom is -0.493 e. The van der Waals surface area contributed by atoms with Gasteiger partial charge >= 0.3 is 10.3 Å². The molecule has 0 saturated carbocycles. The zero-order valence-corrected chi connectivity index (χ0v) is 21.3. The van der Waals surface area contributed by atoms with Gasteiger partial charge in [-0.05, 0) is 17.7 Å². The maximum Gasteiger partial charge on any atom is 0.385 e. The topological polar surface area (TPSA) is 113 Å². The van der Waals surface area contributed by atoms with Crippen molar-refractivity contribution >= 4 is 21.9 Å². The van der Waals surface area contributed by atoms with Crippen LogP contribution in [0.3, 0.4) is 0 Å². The van der Waals surface area contributed by atoms with Gasteiger partial charge < -0.3 is 27.9 Å². The zero-order chi connectivity index (χ0) is 26.0. The maximum atomic E-state index is 12.9. The molecule has 0 unspecified atom stereocenters. The lowest BCUT2D eigenvalue weighted by molar-refractivity contribution is -0.119. The molecule has 1 amide bonds. The first kappa shape index (κ1) is 25.6. The second kappa shape index (κ2) is 10.2. The number of rotatable bonds is 9. The van der Waals surface area contributed by atoms with Crippen molar-refractivity contribution in [3.63, 3.8) is 0 Å². The third kappa shape index (κ3) is 4.54. The summed E-state index contributed by atoms with van der Waals surface area (Å²) in [7, 11) is 1.78. The van der Waals surface area contributed by atoms with Crippen molar-refractivity contribution in [3.8, 4) is 28.7 Å². The molecule has 2 heterocycles. The van der Waals surface area contributed by atoms with Crippen molar-refractivity contribution in [2.75, 3.05) is 59.6 Å². The zero-order valence-electron chi connectivity index (χ0n) is 20.5. The van der Waals surface area contributed by atoms with E-state index in [0.717, 1.165) is 0 Å². The molecule has 2 aliphatic rings. The summed E-state index contributed by atoms with van der Waals surface area (Å²) < 4.78 is 59.2. The van der Waals surface area contributed by atoms with Gasteiger partial charge in [-0.2, -0.15) is 12.7 Å². The minimum absolute atomic E-state index is 0.00140. The number of methoxy groups -OCH3 is 4. The van der Waals surface area contributed by atoms with Crippen molar-refractivity contribution < 1.29 is 41.1 Å². The molecule has 194 valence electrons. The molecule has 0 N–H and O–H groups in total. The third-order valence-electron chi connectivity index (χ3n) is 5.99. The van der Waals surface area contributed by atoms with Crippen molar-refractivity contribution in [3.05, 3.63) is 48.0 Å². The Morgan fingerprint density at radius 3 is 2.06 bits per heavy atom. The van der Waals surface area contributed by atoms with E-state index in [4.69, 9.17) is 27.9 Å². The van der Waals surface area contributed by atoms with E-state index >= 15 is 0 Å². The number of hydrogen-bond acceptors (Lipinski definition) is 9. The average molecular weight is 521 g/mol. The Morgan fingerprint density at radius 2 is 1.50 bits per heavy atom. The number of β-lactam (4-membered cyclic amide) rings is 1. The standard InChI is InChI=1S/C24H28N2O9S/c1-15-22(26(24(15)27)17-13-20(31-3)23(33-5)21(14-17)32-4)16-6-7-18(30-2)19(12-16)35-36(28,29)25-8-10-34-11-9-25/h6-7,12-14,22H,1,8-11H2,2-5H3/t22-/m1/s1. The Bertz CT molecular complexity index is 1250. The minimum atomic E-state index is -4.09. The fourth-order valence-corrected chi connectivity index (χ4v) is 5.23. The summed E-state index contributed by atoms with van der Waals surface area (Å²) in [6, 6.07) is 7.57. The van der Waals surface area contributed by atoms with E-state index in [-0.39, 0.29) is 43.7 Å². The highest BCUT2D eigenvalue weighted by Gasteiger charge is 2.44. The molecule has 0 radical (unpaired) electrons. The van der Waals surface area contributed by atoms with Crippen LogP contribution in [-0.2, 0) is 19.8 Å². The molecule has 0 spiro atoms. The van der Waals surface area contributed by atoms with E-state index < -0.39 is 16.3 Å². The SMILES string of the molecule is C=C1C(=O)N(c2cc(OC)c(OC)c(OC)c2)[C@H]1c1ccc(OC)c(OS(=O)(=O)N2CCOCC2)c1. The Hall–Kier alpha value is -3.48. The molecular weight excluding hydrogens is 492 g/mol. The van der Waals surface area contributed by atoms with E-state index in [9.17, 15) is 13.2 Å². The average Bonchev–Trinajstić information content (AvgIpc) is 2.90. The molecular formula is C24H28N2O9S. The molecule has 2 aromatic rings. The smallest absolute Gasteiger partial charge is 0.385 e. The predicted molar refractivity (Wildman–Crippen MR) is 130 cm³/mol. The Balaban J connectivity index is 1.71. The van der Waals surface area contributed by atoms with Crippen LogP contribution in [0.1, 0.15) is 11.6 Å². The molecule has 1 atom stereocenters. The van der Waals surface area contributed by atoms with Gasteiger partial charge in [0.25, 0.3) is 5.91 Å². The number of morpholine rings is 1. The highest BCUT2D eigenvalue weighted by atomic mass is 32.2. The quantitative estimate of drug-likeness (QED) is 0.363. The highest BCUT2D eigenvalue weighted by Crippen LogP contribution is 2.48. The normalized spacial score (nSPS) is 18.4. The molecule has 0 bridgehead atoms. The van der Waals surface area contributed by atoms with E-state index in [2.05, 4.69) is 6.58 Å². The Morgan fingerprint density at radius 1 is 0.889 bits per heavy atom. The van der Waals surface area contributed by atoms with Crippen molar-refractivity contribution in [1.82, 2.24) is 4.31 Å². The number of benzene rings is 2. The van der Waals surface area contributed by atoms with E-state index in [1.807, 2.05) is 0 Å². The molecule has 36 heavy (non-hydrogen) atoms. The van der Waals surface area contributed by atoms with Crippen LogP contribution < -0.4 is 28.0 Å². The van der Waals surface area contributed by atoms with Gasteiger partial charge in [-0.3, -0.25) is 9.69 Å². The number of nitrogens with zero attached hydrogens (tertiary/aromatic N) is 2. The first-order valence-corrected chi connectivity index (χ1v) is 12.4. The van der Waals surface area contributed by atoms with E-state index in [1.165, 1.54) is 43.7 Å². The van der Waals surface area contributed by atoms with Crippen LogP contribution in [0, 0.1) is 0 Å². The first-order valence-electron chi connectivity index (χ1n) is 11.0. The maximum absolute atomic E-state index is 12.9. The molecule has 2 fully saturated rings. The van der Waals surface area contributed by atoms with E-state index in [1.54, 1.807) is 24.3 Å². The number of ether oxygens (including phenoxy) is 5. The first-order chi connectivity index (χ1) is 17.2. The van der Waals surface area contributed by atoms with Crippen LogP contribution in [0.25, 0.3) is 0 Å². The summed E-state index contributed by atoms with van der Waals surface area (Å²) in [6.07, 6.45) is 0. The van der Waals surface area contributed by atoms with Gasteiger partial charge in [-0.25, -0.2) is 0 Å². The number of anilines is 1. The van der Waals surface area contributed by atoms with Gasteiger partial charge in [0.2, 0.25) is 5.75 Å². The highest BCUT2D eigenvalue weighted by molar-refractivity contribution is 7.84. The fourth-order valence-electron chi connectivity index (χ4n) is 4.17. The second-order valence-electron chi connectivity index (χ2n) is 7.95. The van der Waals surface area contributed by atoms with Gasteiger partial charge in [0, 0.05) is 30.8 Å². The summed E-state index contributed by atoms with van der Waals surface area (Å²) in [5.74, 6) is 1.08. The van der Waals surface area contributed by atoms with Crippen molar-refractivity contribution in [1.29, 1.82) is 0 Å². The van der Waals surface area contributed by atoms with Gasteiger partial charge in [0.1, 0.15) is 0 Å². The largest absolute Gasteiger partial charge is 0.493 e. The molecule has 12 heteroatoms. The van der Waals surface area contributed by atoms with Gasteiger partial charge in [-0.1, -0.05) is 12.6 Å². The van der Waals surface area contributed by atoms with Crippen LogP contribution >= 0.6 is 0 Å². The van der Waals surface area contributed by atoms with Crippen LogP contribution in [0.2, 0.25) is 0 Å². The molecule has 4 rings (SSSR count). The molecule has 11 nitrogen and oxygen atoms in total. The van der Waals surface area contributed by atoms with Gasteiger partial charge in [0.05, 0.1) is 53.4 Å². The molecule has 2 aliphatic heterocycles. The predicted octanol–water partition coefficient (Wildman–Crippen LogP) is 2.32. The summed E-state index contributed by atoms with van der Waals surface area (Å²) >= 11 is 0. The number of carbonyl (C=O) groups is 1. The second-order valence-corrected chi connectivity index (χ2v) is 9.49. The third-order valence-corrected chi connectivity index (χ3v) is 7.38. The van der Waals surface area contributed by atoms with Gasteiger partial charge in [0.15, 0.2) is 23.0 Å². The monoisotopic (exact) mass is 520 g/mol. The lowest BCUT2D eigenvalue weighted by atomic mass is 9.88. The molecule has 2 saturated heterocycles. The number of amides is 1.